The van der Waals surface area contributed by atoms with E-state index in [4.69, 9.17) is 10.5 Å². The van der Waals surface area contributed by atoms with Crippen molar-refractivity contribution in [2.24, 2.45) is 0 Å². The molecule has 4 heteroatoms. The molecule has 17 heavy (non-hydrogen) atoms. The molecule has 0 amide bonds. The standard InChI is InChI=1S/C13H13N3O/c1-17-9-2-3-12-10(5-9)11(7-16-12)13-4-8(14)6-15-13/h2-7,15-16H,14H2,1H3. The number of methoxy groups -OCH3 is 1. The van der Waals surface area contributed by atoms with Gasteiger partial charge in [0, 0.05) is 40.2 Å². The average molecular weight is 227 g/mol. The lowest BCUT2D eigenvalue weighted by Crippen LogP contribution is -1.82. The highest BCUT2D eigenvalue weighted by molar-refractivity contribution is 5.95. The maximum absolute atomic E-state index is 5.72. The molecule has 0 saturated heterocycles. The second kappa shape index (κ2) is 3.59. The minimum atomic E-state index is 0.734. The molecule has 0 unspecified atom stereocenters. The van der Waals surface area contributed by atoms with Crippen LogP contribution in [0.1, 0.15) is 0 Å². The lowest BCUT2D eigenvalue weighted by atomic mass is 10.1. The summed E-state index contributed by atoms with van der Waals surface area (Å²) in [6.07, 6.45) is 3.75. The predicted octanol–water partition coefficient (Wildman–Crippen LogP) is 2.75. The highest BCUT2D eigenvalue weighted by atomic mass is 16.5. The van der Waals surface area contributed by atoms with Gasteiger partial charge in [-0.05, 0) is 24.3 Å². The van der Waals surface area contributed by atoms with Crippen molar-refractivity contribution in [2.45, 2.75) is 0 Å². The highest BCUT2D eigenvalue weighted by Crippen LogP contribution is 2.31. The predicted molar refractivity (Wildman–Crippen MR) is 69.0 cm³/mol. The van der Waals surface area contributed by atoms with Gasteiger partial charge in [-0.15, -0.1) is 0 Å². The Labute approximate surface area is 98.4 Å². The van der Waals surface area contributed by atoms with Gasteiger partial charge >= 0.3 is 0 Å². The van der Waals surface area contributed by atoms with Gasteiger partial charge in [0.15, 0.2) is 0 Å². The van der Waals surface area contributed by atoms with Crippen molar-refractivity contribution in [1.82, 2.24) is 9.97 Å². The minimum Gasteiger partial charge on any atom is -0.497 e. The summed E-state index contributed by atoms with van der Waals surface area (Å²) in [6.45, 7) is 0. The molecule has 1 aromatic carbocycles. The Bertz CT molecular complexity index is 666. The van der Waals surface area contributed by atoms with Gasteiger partial charge in [-0.25, -0.2) is 0 Å². The van der Waals surface area contributed by atoms with Gasteiger partial charge in [0.25, 0.3) is 0 Å². The van der Waals surface area contributed by atoms with Crippen molar-refractivity contribution in [3.05, 3.63) is 36.7 Å². The quantitative estimate of drug-likeness (QED) is 0.630. The monoisotopic (exact) mass is 227 g/mol. The Hall–Kier alpha value is -2.36. The molecule has 2 aromatic heterocycles. The summed E-state index contributed by atoms with van der Waals surface area (Å²) >= 11 is 0. The number of aromatic amines is 2. The number of benzene rings is 1. The van der Waals surface area contributed by atoms with Crippen molar-refractivity contribution in [2.75, 3.05) is 12.8 Å². The molecule has 0 fully saturated rings. The number of aromatic nitrogens is 2. The molecule has 4 nitrogen and oxygen atoms in total. The van der Waals surface area contributed by atoms with Crippen LogP contribution in [-0.4, -0.2) is 17.1 Å². The van der Waals surface area contributed by atoms with Crippen LogP contribution in [-0.2, 0) is 0 Å². The van der Waals surface area contributed by atoms with E-state index in [1.807, 2.05) is 30.5 Å². The molecule has 0 bridgehead atoms. The van der Waals surface area contributed by atoms with E-state index < -0.39 is 0 Å². The molecule has 0 aliphatic heterocycles. The number of fused-ring (bicyclic) bond motifs is 1. The summed E-state index contributed by atoms with van der Waals surface area (Å²) in [5.74, 6) is 0.845. The summed E-state index contributed by atoms with van der Waals surface area (Å²) in [5.41, 5.74) is 9.63. The highest BCUT2D eigenvalue weighted by Gasteiger charge is 2.08. The summed E-state index contributed by atoms with van der Waals surface area (Å²) in [6, 6.07) is 7.87. The molecule has 86 valence electrons. The van der Waals surface area contributed by atoms with E-state index in [1.165, 1.54) is 0 Å². The molecular weight excluding hydrogens is 214 g/mol. The summed E-state index contributed by atoms with van der Waals surface area (Å²) in [5, 5.41) is 1.12. The van der Waals surface area contributed by atoms with E-state index in [2.05, 4.69) is 9.97 Å². The van der Waals surface area contributed by atoms with Gasteiger partial charge in [-0.1, -0.05) is 0 Å². The number of rotatable bonds is 2. The molecule has 3 aromatic rings. The third-order valence-electron chi connectivity index (χ3n) is 2.88. The smallest absolute Gasteiger partial charge is 0.119 e. The molecule has 0 atom stereocenters. The number of hydrogen-bond donors (Lipinski definition) is 3. The van der Waals surface area contributed by atoms with Crippen molar-refractivity contribution < 1.29 is 4.74 Å². The number of ether oxygens (including phenoxy) is 1. The van der Waals surface area contributed by atoms with Crippen LogP contribution in [0.25, 0.3) is 22.2 Å². The number of anilines is 1. The first-order valence-electron chi connectivity index (χ1n) is 5.37. The van der Waals surface area contributed by atoms with Crippen LogP contribution in [0.3, 0.4) is 0 Å². The number of H-pyrrole nitrogens is 2. The molecule has 2 heterocycles. The zero-order valence-electron chi connectivity index (χ0n) is 9.45. The van der Waals surface area contributed by atoms with Gasteiger partial charge in [0.1, 0.15) is 5.75 Å². The first-order valence-corrected chi connectivity index (χ1v) is 5.37. The van der Waals surface area contributed by atoms with Crippen LogP contribution in [0.5, 0.6) is 5.75 Å². The lowest BCUT2D eigenvalue weighted by molar-refractivity contribution is 0.415. The molecule has 0 radical (unpaired) electrons. The van der Waals surface area contributed by atoms with Crippen LogP contribution in [0.2, 0.25) is 0 Å². The fraction of sp³-hybridized carbons (Fsp3) is 0.0769. The first kappa shape index (κ1) is 9.84. The van der Waals surface area contributed by atoms with Gasteiger partial charge < -0.3 is 20.4 Å². The van der Waals surface area contributed by atoms with E-state index >= 15 is 0 Å². The zero-order valence-corrected chi connectivity index (χ0v) is 9.45. The maximum atomic E-state index is 5.72. The van der Waals surface area contributed by atoms with Crippen molar-refractivity contribution in [3.63, 3.8) is 0 Å². The first-order chi connectivity index (χ1) is 8.28. The fourth-order valence-electron chi connectivity index (χ4n) is 2.02. The number of nitrogen functional groups attached to an aromatic ring is 1. The van der Waals surface area contributed by atoms with Crippen molar-refractivity contribution >= 4 is 16.6 Å². The van der Waals surface area contributed by atoms with E-state index in [0.29, 0.717) is 0 Å². The van der Waals surface area contributed by atoms with Gasteiger partial charge in [0.2, 0.25) is 0 Å². The summed E-state index contributed by atoms with van der Waals surface area (Å²) < 4.78 is 5.24. The molecule has 4 N–H and O–H groups in total. The third kappa shape index (κ3) is 1.54. The van der Waals surface area contributed by atoms with Crippen molar-refractivity contribution in [3.8, 4) is 17.0 Å². The lowest BCUT2D eigenvalue weighted by Gasteiger charge is -2.00. The number of hydrogen-bond acceptors (Lipinski definition) is 2. The molecular formula is C13H13N3O. The largest absolute Gasteiger partial charge is 0.497 e. The molecule has 0 aliphatic carbocycles. The molecule has 0 saturated carbocycles. The van der Waals surface area contributed by atoms with Crippen LogP contribution in [0, 0.1) is 0 Å². The van der Waals surface area contributed by atoms with E-state index in [-0.39, 0.29) is 0 Å². The third-order valence-corrected chi connectivity index (χ3v) is 2.88. The van der Waals surface area contributed by atoms with Crippen LogP contribution < -0.4 is 10.5 Å². The van der Waals surface area contributed by atoms with Crippen LogP contribution in [0.4, 0.5) is 5.69 Å². The molecule has 3 rings (SSSR count). The van der Waals surface area contributed by atoms with Crippen molar-refractivity contribution in [1.29, 1.82) is 0 Å². The topological polar surface area (TPSA) is 66.8 Å². The minimum absolute atomic E-state index is 0.734. The fourth-order valence-corrected chi connectivity index (χ4v) is 2.02. The molecule has 0 aliphatic rings. The summed E-state index contributed by atoms with van der Waals surface area (Å²) in [7, 11) is 1.67. The SMILES string of the molecule is COc1ccc2[nH]cc(-c3cc(N)c[nH]3)c2c1. The normalized spacial score (nSPS) is 10.9. The van der Waals surface area contributed by atoms with Gasteiger partial charge in [-0.3, -0.25) is 0 Å². The average Bonchev–Trinajstić information content (AvgIpc) is 2.93. The zero-order chi connectivity index (χ0) is 11.8. The second-order valence-corrected chi connectivity index (χ2v) is 3.96. The van der Waals surface area contributed by atoms with Crippen LogP contribution in [0.15, 0.2) is 36.7 Å². The second-order valence-electron chi connectivity index (χ2n) is 3.96. The number of nitrogens with two attached hydrogens (primary N) is 1. The van der Waals surface area contributed by atoms with Gasteiger partial charge in [0.05, 0.1) is 7.11 Å². The Balaban J connectivity index is 2.22. The Morgan fingerprint density at radius 2 is 2.00 bits per heavy atom. The number of nitrogens with one attached hydrogen (secondary N) is 2. The van der Waals surface area contributed by atoms with E-state index in [9.17, 15) is 0 Å². The van der Waals surface area contributed by atoms with E-state index in [0.717, 1.165) is 33.6 Å². The summed E-state index contributed by atoms with van der Waals surface area (Å²) in [4.78, 5) is 6.38. The van der Waals surface area contributed by atoms with Crippen LogP contribution >= 0.6 is 0 Å². The maximum Gasteiger partial charge on any atom is 0.119 e. The Morgan fingerprint density at radius 3 is 2.71 bits per heavy atom. The molecule has 0 spiro atoms. The van der Waals surface area contributed by atoms with E-state index in [1.54, 1.807) is 13.3 Å². The Kier molecular flexibility index (Phi) is 2.08. The van der Waals surface area contributed by atoms with Gasteiger partial charge in [-0.2, -0.15) is 0 Å². The Morgan fingerprint density at radius 1 is 1.12 bits per heavy atom.